The van der Waals surface area contributed by atoms with Crippen LogP contribution >= 0.6 is 0 Å². The molecule has 0 bridgehead atoms. The van der Waals surface area contributed by atoms with Crippen molar-refractivity contribution in [3.8, 4) is 12.3 Å². The van der Waals surface area contributed by atoms with Gasteiger partial charge in [-0.15, -0.1) is 12.3 Å². The second-order valence-corrected chi connectivity index (χ2v) is 19.2. The van der Waals surface area contributed by atoms with Crippen LogP contribution < -0.4 is 21.3 Å². The van der Waals surface area contributed by atoms with Crippen molar-refractivity contribution in [1.29, 1.82) is 0 Å². The minimum Gasteiger partial charge on any atom is -0.346 e. The number of terminal acetylenes is 1. The molecule has 0 spiro atoms. The SMILES string of the molecule is C#CCCC(NC(=O)[C@@H]1[C@@H](C(C)C)CCN1C(=O)[C@@H](NC(=O)NC1(CS(=O)C(C)(C)C)CCCCC1)C(C)(C)C)C(=O)C(=O)NC1CC1C. The van der Waals surface area contributed by atoms with Gasteiger partial charge in [0.15, 0.2) is 0 Å². The Bertz CT molecular complexity index is 1310. The standard InChI is InChI=1S/C37H61N5O6S/c1-11-12-16-26(29(43)32(45)39-27-21-24(27)4)38-31(44)28-25(23(2)3)17-20-42(28)33(46)30(35(5,6)7)40-34(47)41-37(18-14-13-15-19-37)22-49(48)36(8,9)10/h1,23-28,30H,12-22H2,2-10H3,(H,38,44)(H,39,45)(H2,40,41,47)/t24?,25-,26?,27?,28+,30-,49?/m1/s1. The summed E-state index contributed by atoms with van der Waals surface area (Å²) >= 11 is 0. The van der Waals surface area contributed by atoms with Crippen LogP contribution in [0.1, 0.15) is 120 Å². The maximum atomic E-state index is 14.4. The third-order valence-electron chi connectivity index (χ3n) is 10.4. The monoisotopic (exact) mass is 703 g/mol. The predicted octanol–water partition coefficient (Wildman–Crippen LogP) is 3.82. The van der Waals surface area contributed by atoms with Crippen LogP contribution in [0.2, 0.25) is 0 Å². The van der Waals surface area contributed by atoms with Crippen LogP contribution in [0.15, 0.2) is 0 Å². The number of Topliss-reactive ketones (excluding diaryl/α,β-unsaturated/α-hetero) is 1. The third kappa shape index (κ3) is 10.8. The van der Waals surface area contributed by atoms with Gasteiger partial charge in [-0.3, -0.25) is 23.4 Å². The van der Waals surface area contributed by atoms with E-state index in [-0.39, 0.29) is 30.7 Å². The largest absolute Gasteiger partial charge is 0.346 e. The van der Waals surface area contributed by atoms with Crippen LogP contribution in [0.3, 0.4) is 0 Å². The first kappa shape index (κ1) is 40.5. The van der Waals surface area contributed by atoms with Crippen LogP contribution in [-0.2, 0) is 30.0 Å². The highest BCUT2D eigenvalue weighted by atomic mass is 32.2. The summed E-state index contributed by atoms with van der Waals surface area (Å²) < 4.78 is 12.8. The van der Waals surface area contributed by atoms with Crippen molar-refractivity contribution in [1.82, 2.24) is 26.2 Å². The Hall–Kier alpha value is -2.94. The summed E-state index contributed by atoms with van der Waals surface area (Å²) in [5.74, 6) is 0.527. The molecule has 276 valence electrons. The molecule has 1 saturated heterocycles. The maximum Gasteiger partial charge on any atom is 0.315 e. The van der Waals surface area contributed by atoms with E-state index in [1.54, 1.807) is 0 Å². The molecule has 3 aliphatic rings. The molecule has 4 N–H and O–H groups in total. The minimum absolute atomic E-state index is 0.0345. The van der Waals surface area contributed by atoms with Gasteiger partial charge < -0.3 is 26.2 Å². The predicted molar refractivity (Wildman–Crippen MR) is 193 cm³/mol. The van der Waals surface area contributed by atoms with Crippen molar-refractivity contribution in [2.45, 2.75) is 155 Å². The number of hydrogen-bond donors (Lipinski definition) is 4. The lowest BCUT2D eigenvalue weighted by Gasteiger charge is -2.41. The summed E-state index contributed by atoms with van der Waals surface area (Å²) in [6.07, 6.45) is 11.4. The van der Waals surface area contributed by atoms with Crippen LogP contribution in [0.25, 0.3) is 0 Å². The van der Waals surface area contributed by atoms with Crippen LogP contribution in [0, 0.1) is 35.5 Å². The third-order valence-corrected chi connectivity index (χ3v) is 12.6. The molecule has 0 aromatic carbocycles. The molecule has 1 heterocycles. The zero-order chi connectivity index (χ0) is 36.9. The molecule has 5 amide bonds. The molecule has 0 aromatic heterocycles. The van der Waals surface area contributed by atoms with Crippen molar-refractivity contribution in [2.24, 2.45) is 23.2 Å². The smallest absolute Gasteiger partial charge is 0.315 e. The van der Waals surface area contributed by atoms with Gasteiger partial charge in [0.1, 0.15) is 12.1 Å². The number of amides is 5. The van der Waals surface area contributed by atoms with E-state index >= 15 is 0 Å². The summed E-state index contributed by atoms with van der Waals surface area (Å²) in [4.78, 5) is 69.8. The zero-order valence-electron chi connectivity index (χ0n) is 31.2. The molecule has 1 aliphatic heterocycles. The van der Waals surface area contributed by atoms with E-state index in [1.165, 1.54) is 4.90 Å². The molecule has 11 nitrogen and oxygen atoms in total. The first-order chi connectivity index (χ1) is 22.7. The van der Waals surface area contributed by atoms with E-state index in [4.69, 9.17) is 6.42 Å². The van der Waals surface area contributed by atoms with E-state index in [1.807, 2.05) is 62.3 Å². The summed E-state index contributed by atoms with van der Waals surface area (Å²) in [5.41, 5.74) is -1.36. The topological polar surface area (TPSA) is 154 Å². The van der Waals surface area contributed by atoms with Gasteiger partial charge in [0.05, 0.1) is 11.6 Å². The number of hydrogen-bond acceptors (Lipinski definition) is 6. The molecule has 3 fully saturated rings. The molecule has 2 saturated carbocycles. The minimum atomic E-state index is -1.19. The Morgan fingerprint density at radius 1 is 1.00 bits per heavy atom. The summed E-state index contributed by atoms with van der Waals surface area (Å²) in [5, 5.41) is 11.6. The Kier molecular flexibility index (Phi) is 13.5. The number of nitrogens with zero attached hydrogens (tertiary/aromatic N) is 1. The summed E-state index contributed by atoms with van der Waals surface area (Å²) in [6, 6.07) is -3.57. The van der Waals surface area contributed by atoms with E-state index in [0.29, 0.717) is 37.5 Å². The quantitative estimate of drug-likeness (QED) is 0.169. The lowest BCUT2D eigenvalue weighted by Crippen LogP contribution is -2.63. The number of carbonyl (C=O) groups excluding carboxylic acids is 5. The number of ketones is 1. The molecule has 7 atom stereocenters. The van der Waals surface area contributed by atoms with Gasteiger partial charge in [-0.05, 0) is 76.0 Å². The van der Waals surface area contributed by atoms with Gasteiger partial charge in [-0.2, -0.15) is 0 Å². The first-order valence-electron chi connectivity index (χ1n) is 18.1. The van der Waals surface area contributed by atoms with Gasteiger partial charge in [0.2, 0.25) is 17.6 Å². The van der Waals surface area contributed by atoms with Crippen molar-refractivity contribution >= 4 is 40.3 Å². The Morgan fingerprint density at radius 3 is 2.12 bits per heavy atom. The fraction of sp³-hybridized carbons (Fsp3) is 0.811. The molecule has 3 rings (SSSR count). The van der Waals surface area contributed by atoms with Gasteiger partial charge >= 0.3 is 6.03 Å². The van der Waals surface area contributed by atoms with Gasteiger partial charge in [-0.1, -0.05) is 60.8 Å². The number of carbonyl (C=O) groups is 5. The highest BCUT2D eigenvalue weighted by Crippen LogP contribution is 2.35. The zero-order valence-corrected chi connectivity index (χ0v) is 32.0. The lowest BCUT2D eigenvalue weighted by atomic mass is 9.83. The number of urea groups is 1. The summed E-state index contributed by atoms with van der Waals surface area (Å²) in [7, 11) is -1.19. The van der Waals surface area contributed by atoms with E-state index in [9.17, 15) is 28.2 Å². The van der Waals surface area contributed by atoms with Crippen LogP contribution in [-0.4, -0.2) is 85.4 Å². The molecular weight excluding hydrogens is 643 g/mol. The van der Waals surface area contributed by atoms with Gasteiger partial charge in [0, 0.05) is 40.3 Å². The van der Waals surface area contributed by atoms with Gasteiger partial charge in [-0.25, -0.2) is 4.79 Å². The molecular formula is C37H61N5O6S. The fourth-order valence-corrected chi connectivity index (χ4v) is 8.29. The van der Waals surface area contributed by atoms with Crippen molar-refractivity contribution < 1.29 is 28.2 Å². The molecule has 2 aliphatic carbocycles. The lowest BCUT2D eigenvalue weighted by molar-refractivity contribution is -0.144. The highest BCUT2D eigenvalue weighted by molar-refractivity contribution is 7.86. The Labute approximate surface area is 296 Å². The second kappa shape index (κ2) is 16.4. The molecule has 4 unspecified atom stereocenters. The first-order valence-corrected chi connectivity index (χ1v) is 19.4. The van der Waals surface area contributed by atoms with Crippen molar-refractivity contribution in [2.75, 3.05) is 12.3 Å². The van der Waals surface area contributed by atoms with Gasteiger partial charge in [0.25, 0.3) is 5.91 Å². The molecule has 12 heteroatoms. The number of nitrogens with one attached hydrogen (secondary N) is 4. The number of likely N-dealkylation sites (tertiary alicyclic amines) is 1. The van der Waals surface area contributed by atoms with Crippen molar-refractivity contribution in [3.63, 3.8) is 0 Å². The molecule has 0 aromatic rings. The number of rotatable bonds is 13. The average molecular weight is 704 g/mol. The summed E-state index contributed by atoms with van der Waals surface area (Å²) in [6.45, 7) is 17.6. The molecule has 49 heavy (non-hydrogen) atoms. The Balaban J connectivity index is 1.83. The maximum absolute atomic E-state index is 14.4. The van der Waals surface area contributed by atoms with Crippen LogP contribution in [0.4, 0.5) is 4.79 Å². The van der Waals surface area contributed by atoms with Crippen LogP contribution in [0.5, 0.6) is 0 Å². The molecule has 0 radical (unpaired) electrons. The van der Waals surface area contributed by atoms with E-state index in [0.717, 1.165) is 25.7 Å². The van der Waals surface area contributed by atoms with E-state index in [2.05, 4.69) is 27.2 Å². The average Bonchev–Trinajstić information content (AvgIpc) is 3.50. The normalized spacial score (nSPS) is 25.4. The second-order valence-electron chi connectivity index (χ2n) is 17.0. The Morgan fingerprint density at radius 2 is 1.61 bits per heavy atom. The van der Waals surface area contributed by atoms with Crippen molar-refractivity contribution in [3.05, 3.63) is 0 Å². The van der Waals surface area contributed by atoms with E-state index < -0.39 is 74.2 Å². The highest BCUT2D eigenvalue weighted by Gasteiger charge is 2.48. The fourth-order valence-electron chi connectivity index (χ4n) is 7.00.